The first-order valence-electron chi connectivity index (χ1n) is 7.54. The number of carboxylic acids is 1. The van der Waals surface area contributed by atoms with Crippen LogP contribution in [0.25, 0.3) is 0 Å². The highest BCUT2D eigenvalue weighted by Crippen LogP contribution is 2.03. The largest absolute Gasteiger partial charge is 0.480 e. The van der Waals surface area contributed by atoms with Crippen molar-refractivity contribution in [2.24, 2.45) is 0 Å². The lowest BCUT2D eigenvalue weighted by Gasteiger charge is -2.13. The molecule has 134 valence electrons. The molecule has 0 aliphatic rings. The molecule has 0 saturated carbocycles. The number of aliphatic carboxylic acids is 1. The Morgan fingerprint density at radius 1 is 1.32 bits per heavy atom. The fraction of sp³-hybridized carbons (Fsp3) is 0.400. The highest BCUT2D eigenvalue weighted by molar-refractivity contribution is 5.79. The van der Waals surface area contributed by atoms with Crippen molar-refractivity contribution in [1.82, 2.24) is 25.5 Å². The Labute approximate surface area is 143 Å². The van der Waals surface area contributed by atoms with E-state index in [0.717, 1.165) is 5.56 Å². The number of rotatable bonds is 9. The first-order chi connectivity index (χ1) is 12.1. The van der Waals surface area contributed by atoms with Crippen LogP contribution in [0, 0.1) is 0 Å². The average Bonchev–Trinajstić information content (AvgIpc) is 3.05. The monoisotopic (exact) mass is 349 g/mol. The van der Waals surface area contributed by atoms with Crippen LogP contribution in [0.5, 0.6) is 0 Å². The van der Waals surface area contributed by atoms with Crippen molar-refractivity contribution >= 4 is 12.1 Å². The number of aromatic nitrogens is 4. The van der Waals surface area contributed by atoms with E-state index in [-0.39, 0.29) is 26.2 Å². The normalized spacial score (nSPS) is 11.7. The molecule has 0 fully saturated rings. The first kappa shape index (κ1) is 18.3. The lowest BCUT2D eigenvalue weighted by molar-refractivity contribution is -0.139. The van der Waals surface area contributed by atoms with Gasteiger partial charge in [-0.1, -0.05) is 30.3 Å². The summed E-state index contributed by atoms with van der Waals surface area (Å²) in [6, 6.07) is 7.98. The average molecular weight is 349 g/mol. The van der Waals surface area contributed by atoms with E-state index in [9.17, 15) is 14.7 Å². The zero-order valence-corrected chi connectivity index (χ0v) is 13.7. The molecule has 0 spiro atoms. The van der Waals surface area contributed by atoms with Gasteiger partial charge in [-0.3, -0.25) is 0 Å². The van der Waals surface area contributed by atoms with Crippen LogP contribution in [0.15, 0.2) is 30.3 Å². The molecule has 0 aliphatic carbocycles. The molecule has 10 nitrogen and oxygen atoms in total. The summed E-state index contributed by atoms with van der Waals surface area (Å²) in [6.07, 6.45) is -0.457. The number of benzene rings is 1. The highest BCUT2D eigenvalue weighted by atomic mass is 16.5. The second-order valence-corrected chi connectivity index (χ2v) is 5.13. The van der Waals surface area contributed by atoms with Crippen molar-refractivity contribution in [3.05, 3.63) is 41.7 Å². The van der Waals surface area contributed by atoms with Crippen molar-refractivity contribution in [1.29, 1.82) is 0 Å². The number of hydrogen-bond donors (Lipinski definition) is 2. The summed E-state index contributed by atoms with van der Waals surface area (Å²) >= 11 is 0. The molecule has 2 rings (SSSR count). The lowest BCUT2D eigenvalue weighted by atomic mass is 10.1. The SMILES string of the molecule is COCn1nnc(CCC(NC(=O)OCc2ccccc2)C(=O)O)n1. The predicted molar refractivity (Wildman–Crippen MR) is 84.3 cm³/mol. The van der Waals surface area contributed by atoms with Gasteiger partial charge in [0.15, 0.2) is 12.6 Å². The van der Waals surface area contributed by atoms with E-state index in [1.54, 1.807) is 12.1 Å². The van der Waals surface area contributed by atoms with E-state index >= 15 is 0 Å². The number of carbonyl (C=O) groups excluding carboxylic acids is 1. The third kappa shape index (κ3) is 6.18. The van der Waals surface area contributed by atoms with Gasteiger partial charge in [-0.05, 0) is 17.2 Å². The summed E-state index contributed by atoms with van der Waals surface area (Å²) in [7, 11) is 1.49. The Morgan fingerprint density at radius 2 is 2.08 bits per heavy atom. The zero-order chi connectivity index (χ0) is 18.1. The molecule has 1 heterocycles. The Hall–Kier alpha value is -3.01. The fourth-order valence-electron chi connectivity index (χ4n) is 1.98. The molecule has 2 aromatic rings. The second kappa shape index (κ2) is 9.33. The van der Waals surface area contributed by atoms with Gasteiger partial charge in [-0.15, -0.1) is 15.0 Å². The van der Waals surface area contributed by atoms with Gasteiger partial charge in [0.05, 0.1) is 0 Å². The number of methoxy groups -OCH3 is 1. The van der Waals surface area contributed by atoms with Gasteiger partial charge in [0.1, 0.15) is 12.6 Å². The maximum Gasteiger partial charge on any atom is 0.408 e. The number of nitrogens with one attached hydrogen (secondary N) is 1. The molecule has 0 radical (unpaired) electrons. The van der Waals surface area contributed by atoms with Gasteiger partial charge in [0.2, 0.25) is 0 Å². The van der Waals surface area contributed by atoms with Gasteiger partial charge in [0.25, 0.3) is 0 Å². The van der Waals surface area contributed by atoms with Crippen molar-refractivity contribution in [3.8, 4) is 0 Å². The Balaban J connectivity index is 1.80. The summed E-state index contributed by atoms with van der Waals surface area (Å²) in [6.45, 7) is 0.214. The molecule has 0 bridgehead atoms. The summed E-state index contributed by atoms with van der Waals surface area (Å²) in [5, 5.41) is 23.1. The van der Waals surface area contributed by atoms with E-state index in [2.05, 4.69) is 20.7 Å². The molecule has 0 aliphatic heterocycles. The quantitative estimate of drug-likeness (QED) is 0.673. The third-order valence-electron chi connectivity index (χ3n) is 3.20. The van der Waals surface area contributed by atoms with Gasteiger partial charge >= 0.3 is 12.1 Å². The van der Waals surface area contributed by atoms with E-state index in [1.807, 2.05) is 18.2 Å². The Bertz CT molecular complexity index is 691. The van der Waals surface area contributed by atoms with Crippen LogP contribution >= 0.6 is 0 Å². The standard InChI is InChI=1S/C15H19N5O5/c1-24-10-20-18-13(17-19-20)8-7-12(14(21)22)16-15(23)25-9-11-5-3-2-4-6-11/h2-6,12H,7-10H2,1H3,(H,16,23)(H,21,22). The highest BCUT2D eigenvalue weighted by Gasteiger charge is 2.21. The molecule has 1 aromatic carbocycles. The number of amides is 1. The molecule has 1 amide bonds. The molecule has 25 heavy (non-hydrogen) atoms. The maximum atomic E-state index is 11.8. The molecule has 2 N–H and O–H groups in total. The molecule has 1 aromatic heterocycles. The number of tetrazole rings is 1. The van der Waals surface area contributed by atoms with Gasteiger partial charge in [-0.2, -0.15) is 0 Å². The minimum absolute atomic E-state index is 0.0614. The van der Waals surface area contributed by atoms with Gasteiger partial charge in [-0.25, -0.2) is 9.59 Å². The summed E-state index contributed by atoms with van der Waals surface area (Å²) in [5.41, 5.74) is 0.809. The molecule has 1 atom stereocenters. The van der Waals surface area contributed by atoms with Crippen LogP contribution in [0.2, 0.25) is 0 Å². The predicted octanol–water partition coefficient (Wildman–Crippen LogP) is 0.589. The molecular weight excluding hydrogens is 330 g/mol. The van der Waals surface area contributed by atoms with Crippen molar-refractivity contribution in [2.45, 2.75) is 32.2 Å². The molecule has 0 saturated heterocycles. The van der Waals surface area contributed by atoms with Crippen LogP contribution in [-0.4, -0.2) is 50.5 Å². The van der Waals surface area contributed by atoms with Crippen molar-refractivity contribution in [3.63, 3.8) is 0 Å². The van der Waals surface area contributed by atoms with Crippen LogP contribution in [0.4, 0.5) is 4.79 Å². The number of carboxylic acid groups (broad SMARTS) is 1. The molecular formula is C15H19N5O5. The molecule has 1 unspecified atom stereocenters. The minimum Gasteiger partial charge on any atom is -0.480 e. The minimum atomic E-state index is -1.17. The Morgan fingerprint density at radius 3 is 2.76 bits per heavy atom. The van der Waals surface area contributed by atoms with Crippen LogP contribution in [0.3, 0.4) is 0 Å². The summed E-state index contributed by atoms with van der Waals surface area (Å²) in [4.78, 5) is 24.3. The number of hydrogen-bond acceptors (Lipinski definition) is 7. The fourth-order valence-corrected chi connectivity index (χ4v) is 1.98. The van der Waals surface area contributed by atoms with Gasteiger partial charge < -0.3 is 19.9 Å². The lowest BCUT2D eigenvalue weighted by Crippen LogP contribution is -2.41. The van der Waals surface area contributed by atoms with Crippen molar-refractivity contribution < 1.29 is 24.2 Å². The number of aryl methyl sites for hydroxylation is 1. The topological polar surface area (TPSA) is 128 Å². The number of nitrogens with zero attached hydrogens (tertiary/aromatic N) is 4. The number of alkyl carbamates (subject to hydrolysis) is 1. The van der Waals surface area contributed by atoms with Crippen LogP contribution < -0.4 is 5.32 Å². The first-order valence-corrected chi connectivity index (χ1v) is 7.54. The number of carbonyl (C=O) groups is 2. The van der Waals surface area contributed by atoms with E-state index in [4.69, 9.17) is 9.47 Å². The van der Waals surface area contributed by atoms with Crippen LogP contribution in [0.1, 0.15) is 17.8 Å². The smallest absolute Gasteiger partial charge is 0.408 e. The summed E-state index contributed by atoms with van der Waals surface area (Å²) in [5.74, 6) is -0.802. The van der Waals surface area contributed by atoms with Crippen molar-refractivity contribution in [2.75, 3.05) is 7.11 Å². The van der Waals surface area contributed by atoms with Gasteiger partial charge in [0, 0.05) is 13.5 Å². The molecule has 10 heteroatoms. The number of ether oxygens (including phenoxy) is 2. The second-order valence-electron chi connectivity index (χ2n) is 5.13. The van der Waals surface area contributed by atoms with E-state index in [0.29, 0.717) is 5.82 Å². The van der Waals surface area contributed by atoms with E-state index in [1.165, 1.54) is 11.9 Å². The maximum absolute atomic E-state index is 11.8. The van der Waals surface area contributed by atoms with Crippen LogP contribution in [-0.2, 0) is 34.0 Å². The van der Waals surface area contributed by atoms with E-state index < -0.39 is 18.1 Å². The summed E-state index contributed by atoms with van der Waals surface area (Å²) < 4.78 is 9.87. The third-order valence-corrected chi connectivity index (χ3v) is 3.20. The zero-order valence-electron chi connectivity index (χ0n) is 13.7. The Kier molecular flexibility index (Phi) is 6.84.